The van der Waals surface area contributed by atoms with Crippen LogP contribution in [-0.2, 0) is 4.79 Å². The minimum absolute atomic E-state index is 0.0625. The molecular formula is C14H17NO3. The van der Waals surface area contributed by atoms with Crippen LogP contribution in [0.2, 0.25) is 0 Å². The summed E-state index contributed by atoms with van der Waals surface area (Å²) in [7, 11) is 0. The van der Waals surface area contributed by atoms with Gasteiger partial charge in [0.15, 0.2) is 5.78 Å². The molecule has 1 heterocycles. The van der Waals surface area contributed by atoms with Gasteiger partial charge in [0, 0.05) is 12.8 Å². The Morgan fingerprint density at radius 1 is 1.44 bits per heavy atom. The Kier molecular flexibility index (Phi) is 3.97. The molecule has 1 amide bonds. The third-order valence-electron chi connectivity index (χ3n) is 2.95. The number of fused-ring (bicyclic) bond motifs is 1. The van der Waals surface area contributed by atoms with Crippen molar-refractivity contribution in [1.82, 2.24) is 5.32 Å². The van der Waals surface area contributed by atoms with Gasteiger partial charge in [0.1, 0.15) is 5.75 Å². The average Bonchev–Trinajstić information content (AvgIpc) is 2.51. The maximum atomic E-state index is 12.3. The van der Waals surface area contributed by atoms with Crippen LogP contribution < -0.4 is 10.1 Å². The van der Waals surface area contributed by atoms with Crippen molar-refractivity contribution < 1.29 is 14.3 Å². The first-order chi connectivity index (χ1) is 8.72. The maximum absolute atomic E-state index is 12.3. The third kappa shape index (κ3) is 2.70. The van der Waals surface area contributed by atoms with E-state index in [1.807, 2.05) is 13.0 Å². The Labute approximate surface area is 106 Å². The van der Waals surface area contributed by atoms with Crippen molar-refractivity contribution >= 4 is 11.7 Å². The highest BCUT2D eigenvalue weighted by atomic mass is 16.5. The number of nitrogens with one attached hydrogen (secondary N) is 1. The van der Waals surface area contributed by atoms with E-state index in [1.54, 1.807) is 18.2 Å². The average molecular weight is 247 g/mol. The molecule has 1 unspecified atom stereocenters. The van der Waals surface area contributed by atoms with Gasteiger partial charge in [0.05, 0.1) is 18.2 Å². The lowest BCUT2D eigenvalue weighted by molar-refractivity contribution is -0.121. The van der Waals surface area contributed by atoms with Gasteiger partial charge in [-0.25, -0.2) is 0 Å². The number of Topliss-reactive ketones (excluding diaryl/α,β-unsaturated/α-hetero) is 1. The number of benzene rings is 1. The third-order valence-corrected chi connectivity index (χ3v) is 2.95. The van der Waals surface area contributed by atoms with E-state index in [9.17, 15) is 9.59 Å². The topological polar surface area (TPSA) is 55.4 Å². The Hall–Kier alpha value is -1.84. The highest BCUT2D eigenvalue weighted by Gasteiger charge is 2.27. The molecule has 1 N–H and O–H groups in total. The summed E-state index contributed by atoms with van der Waals surface area (Å²) in [6.07, 6.45) is 1.75. The smallest absolute Gasteiger partial charge is 0.220 e. The van der Waals surface area contributed by atoms with Crippen molar-refractivity contribution in [2.75, 3.05) is 6.61 Å². The van der Waals surface area contributed by atoms with E-state index in [2.05, 4.69) is 5.32 Å². The van der Waals surface area contributed by atoms with Crippen LogP contribution in [0.15, 0.2) is 24.3 Å². The van der Waals surface area contributed by atoms with E-state index in [4.69, 9.17) is 4.74 Å². The number of ether oxygens (including phenoxy) is 1. The van der Waals surface area contributed by atoms with E-state index < -0.39 is 6.04 Å². The monoisotopic (exact) mass is 247 g/mol. The highest BCUT2D eigenvalue weighted by Crippen LogP contribution is 2.23. The first-order valence-electron chi connectivity index (χ1n) is 6.27. The first kappa shape index (κ1) is 12.6. The van der Waals surface area contributed by atoms with Gasteiger partial charge < -0.3 is 10.1 Å². The summed E-state index contributed by atoms with van der Waals surface area (Å²) in [5.74, 6) is 0.470. The number of rotatable bonds is 3. The first-order valence-corrected chi connectivity index (χ1v) is 6.27. The Morgan fingerprint density at radius 2 is 2.22 bits per heavy atom. The summed E-state index contributed by atoms with van der Waals surface area (Å²) in [6, 6.07) is 6.69. The van der Waals surface area contributed by atoms with Gasteiger partial charge in [-0.05, 0) is 18.6 Å². The lowest BCUT2D eigenvalue weighted by Crippen LogP contribution is -2.40. The van der Waals surface area contributed by atoms with Crippen LogP contribution in [0.3, 0.4) is 0 Å². The molecule has 2 rings (SSSR count). The van der Waals surface area contributed by atoms with Gasteiger partial charge in [-0.1, -0.05) is 19.1 Å². The second-order valence-corrected chi connectivity index (χ2v) is 4.37. The fourth-order valence-corrected chi connectivity index (χ4v) is 2.03. The SMILES string of the molecule is CCCC(=O)NC1CCOc2ccccc2C1=O. The Morgan fingerprint density at radius 3 is 3.00 bits per heavy atom. The normalized spacial score (nSPS) is 18.5. The maximum Gasteiger partial charge on any atom is 0.220 e. The Bertz CT molecular complexity index is 456. The quantitative estimate of drug-likeness (QED) is 0.888. The van der Waals surface area contributed by atoms with Crippen LogP contribution in [0.4, 0.5) is 0 Å². The molecule has 0 saturated heterocycles. The van der Waals surface area contributed by atoms with Crippen LogP contribution in [0.25, 0.3) is 0 Å². The molecule has 4 heteroatoms. The largest absolute Gasteiger partial charge is 0.493 e. The van der Waals surface area contributed by atoms with Gasteiger partial charge >= 0.3 is 0 Å². The predicted molar refractivity (Wildman–Crippen MR) is 67.7 cm³/mol. The van der Waals surface area contributed by atoms with Gasteiger partial charge in [0.25, 0.3) is 0 Å². The van der Waals surface area contributed by atoms with Crippen LogP contribution in [0, 0.1) is 0 Å². The summed E-state index contributed by atoms with van der Waals surface area (Å²) < 4.78 is 5.52. The number of amides is 1. The number of hydrogen-bond donors (Lipinski definition) is 1. The summed E-state index contributed by atoms with van der Waals surface area (Å²) >= 11 is 0. The fraction of sp³-hybridized carbons (Fsp3) is 0.429. The van der Waals surface area contributed by atoms with Crippen LogP contribution in [0.5, 0.6) is 5.75 Å². The number of carbonyl (C=O) groups is 2. The van der Waals surface area contributed by atoms with E-state index in [0.717, 1.165) is 6.42 Å². The number of ketones is 1. The van der Waals surface area contributed by atoms with Gasteiger partial charge in [-0.15, -0.1) is 0 Å². The summed E-state index contributed by atoms with van der Waals surface area (Å²) in [5, 5.41) is 2.78. The molecule has 96 valence electrons. The van der Waals surface area contributed by atoms with E-state index in [1.165, 1.54) is 0 Å². The minimum Gasteiger partial charge on any atom is -0.493 e. The van der Waals surface area contributed by atoms with Crippen LogP contribution >= 0.6 is 0 Å². The zero-order valence-corrected chi connectivity index (χ0v) is 10.4. The van der Waals surface area contributed by atoms with Crippen molar-refractivity contribution in [2.45, 2.75) is 32.2 Å². The molecule has 1 aliphatic heterocycles. The number of para-hydroxylation sites is 1. The fourth-order valence-electron chi connectivity index (χ4n) is 2.03. The van der Waals surface area contributed by atoms with Gasteiger partial charge in [-0.2, -0.15) is 0 Å². The molecule has 0 fully saturated rings. The predicted octanol–water partition coefficient (Wildman–Crippen LogP) is 1.94. The molecule has 0 bridgehead atoms. The number of hydrogen-bond acceptors (Lipinski definition) is 3. The molecule has 0 aliphatic carbocycles. The highest BCUT2D eigenvalue weighted by molar-refractivity contribution is 6.04. The molecule has 0 saturated carbocycles. The van der Waals surface area contributed by atoms with Crippen molar-refractivity contribution in [3.63, 3.8) is 0 Å². The molecule has 18 heavy (non-hydrogen) atoms. The zero-order valence-electron chi connectivity index (χ0n) is 10.4. The summed E-state index contributed by atoms with van der Waals surface area (Å²) in [6.45, 7) is 2.38. The number of carbonyl (C=O) groups excluding carboxylic acids is 2. The lowest BCUT2D eigenvalue weighted by atomic mass is 10.0. The molecule has 0 radical (unpaired) electrons. The molecule has 0 aromatic heterocycles. The van der Waals surface area contributed by atoms with Crippen LogP contribution in [0.1, 0.15) is 36.5 Å². The standard InChI is InChI=1S/C14H17NO3/c1-2-5-13(16)15-11-8-9-18-12-7-4-3-6-10(12)14(11)17/h3-4,6-7,11H,2,5,8-9H2,1H3,(H,15,16). The molecule has 1 aromatic rings. The van der Waals surface area contributed by atoms with Gasteiger partial charge in [0.2, 0.25) is 5.91 Å². The molecule has 1 aromatic carbocycles. The van der Waals surface area contributed by atoms with Crippen molar-refractivity contribution in [2.24, 2.45) is 0 Å². The lowest BCUT2D eigenvalue weighted by Gasteiger charge is -2.14. The Balaban J connectivity index is 2.15. The van der Waals surface area contributed by atoms with Crippen molar-refractivity contribution in [1.29, 1.82) is 0 Å². The van der Waals surface area contributed by atoms with Crippen LogP contribution in [-0.4, -0.2) is 24.3 Å². The van der Waals surface area contributed by atoms with E-state index >= 15 is 0 Å². The summed E-state index contributed by atoms with van der Waals surface area (Å²) in [5.41, 5.74) is 0.553. The molecule has 0 spiro atoms. The van der Waals surface area contributed by atoms with Crippen molar-refractivity contribution in [3.05, 3.63) is 29.8 Å². The van der Waals surface area contributed by atoms with Gasteiger partial charge in [-0.3, -0.25) is 9.59 Å². The van der Waals surface area contributed by atoms with E-state index in [0.29, 0.717) is 30.8 Å². The summed E-state index contributed by atoms with van der Waals surface area (Å²) in [4.78, 5) is 23.9. The second-order valence-electron chi connectivity index (χ2n) is 4.37. The molecule has 1 aliphatic rings. The second kappa shape index (κ2) is 5.67. The van der Waals surface area contributed by atoms with E-state index in [-0.39, 0.29) is 11.7 Å². The van der Waals surface area contributed by atoms with Crippen molar-refractivity contribution in [3.8, 4) is 5.75 Å². The zero-order chi connectivity index (χ0) is 13.0. The molecular weight excluding hydrogens is 230 g/mol. The molecule has 4 nitrogen and oxygen atoms in total. The minimum atomic E-state index is -0.465. The molecule has 1 atom stereocenters.